The van der Waals surface area contributed by atoms with E-state index in [0.717, 1.165) is 24.2 Å². The van der Waals surface area contributed by atoms with E-state index >= 15 is 0 Å². The molecule has 2 N–H and O–H groups in total. The van der Waals surface area contributed by atoms with Crippen molar-refractivity contribution in [2.45, 2.75) is 83.5 Å². The largest absolute Gasteiger partial charge is 0.461 e. The van der Waals surface area contributed by atoms with Crippen LogP contribution in [0.15, 0.2) is 35.9 Å². The number of aliphatic hydroxyl groups excluding tert-OH is 2. The van der Waals surface area contributed by atoms with Crippen LogP contribution in [0.25, 0.3) is 0 Å². The van der Waals surface area contributed by atoms with Crippen LogP contribution in [0, 0.1) is 34.0 Å². The van der Waals surface area contributed by atoms with Crippen molar-refractivity contribution in [2.24, 2.45) is 34.0 Å². The second kappa shape index (κ2) is 9.64. The normalized spacial score (nSPS) is 41.0. The Hall–Kier alpha value is -1.70. The van der Waals surface area contributed by atoms with Crippen molar-refractivity contribution in [3.05, 3.63) is 36.7 Å². The number of aromatic nitrogens is 1. The van der Waals surface area contributed by atoms with Crippen LogP contribution in [-0.2, 0) is 20.9 Å². The van der Waals surface area contributed by atoms with Gasteiger partial charge < -0.3 is 14.9 Å². The van der Waals surface area contributed by atoms with Crippen molar-refractivity contribution in [3.63, 3.8) is 0 Å². The van der Waals surface area contributed by atoms with E-state index in [4.69, 9.17) is 4.74 Å². The molecule has 0 aliphatic heterocycles. The number of aliphatic hydroxyl groups is 2. The summed E-state index contributed by atoms with van der Waals surface area (Å²) >= 11 is 1.34. The van der Waals surface area contributed by atoms with Gasteiger partial charge in [0.15, 0.2) is 0 Å². The van der Waals surface area contributed by atoms with Crippen LogP contribution in [0.1, 0.15) is 65.5 Å². The molecular weight excluding hydrogens is 462 g/mol. The number of rotatable bonds is 6. The molecule has 1 unspecified atom stereocenters. The standard InChI is InChI=1S/C28H39NO5S/c1-6-26(4)13-22(34-23(32)16-35-20-8-7-19(15-30)29-14-20)27(5)17(2)9-11-28(18(3)25(26)33)12-10-21(31)24(27)28/h6-8,14,17-18,22,24-25,30,33H,1,9-13,15-16H2,2-5H3/t17-,18+,22-,24?,25+,26-,27+,28+/m1/s1. The van der Waals surface area contributed by atoms with Gasteiger partial charge in [-0.25, -0.2) is 0 Å². The third-order valence-corrected chi connectivity index (χ3v) is 10.8. The first-order valence-corrected chi connectivity index (χ1v) is 13.7. The molecule has 8 atom stereocenters. The second-order valence-electron chi connectivity index (χ2n) is 11.5. The molecule has 3 fully saturated rings. The highest BCUT2D eigenvalue weighted by Gasteiger charge is 2.68. The first kappa shape index (κ1) is 26.4. The summed E-state index contributed by atoms with van der Waals surface area (Å²) in [4.78, 5) is 31.6. The maximum Gasteiger partial charge on any atom is 0.316 e. The van der Waals surface area contributed by atoms with Crippen LogP contribution in [0.3, 0.4) is 0 Å². The second-order valence-corrected chi connectivity index (χ2v) is 12.5. The molecular formula is C28H39NO5S. The lowest BCUT2D eigenvalue weighted by molar-refractivity contribution is -0.205. The molecule has 35 heavy (non-hydrogen) atoms. The summed E-state index contributed by atoms with van der Waals surface area (Å²) < 4.78 is 6.26. The smallest absolute Gasteiger partial charge is 0.316 e. The van der Waals surface area contributed by atoms with Crippen molar-refractivity contribution < 1.29 is 24.5 Å². The monoisotopic (exact) mass is 501 g/mol. The SMILES string of the molecule is C=C[C@]1(C)C[C@@H](OC(=O)CSc2ccc(CO)nc2)[C@@]2(C)C3C(=O)CC[C@@]3(CC[C@H]2C)[C@@H](C)[C@@H]1O. The summed E-state index contributed by atoms with van der Waals surface area (Å²) in [6.45, 7) is 12.4. The Morgan fingerprint density at radius 2 is 2.06 bits per heavy atom. The van der Waals surface area contributed by atoms with E-state index in [9.17, 15) is 19.8 Å². The van der Waals surface area contributed by atoms with E-state index in [1.807, 2.05) is 19.1 Å². The summed E-state index contributed by atoms with van der Waals surface area (Å²) in [5.41, 5.74) is -0.840. The molecule has 1 heterocycles. The molecule has 1 aromatic rings. The number of carbonyl (C=O) groups is 2. The third-order valence-electron chi connectivity index (χ3n) is 9.89. The lowest BCUT2D eigenvalue weighted by Crippen LogP contribution is -2.63. The summed E-state index contributed by atoms with van der Waals surface area (Å²) in [6.07, 6.45) is 5.91. The molecule has 0 saturated heterocycles. The number of Topliss-reactive ketones (excluding diaryl/α,β-unsaturated/α-hetero) is 1. The summed E-state index contributed by atoms with van der Waals surface area (Å²) in [7, 11) is 0. The van der Waals surface area contributed by atoms with Gasteiger partial charge in [-0.2, -0.15) is 0 Å². The van der Waals surface area contributed by atoms with Crippen LogP contribution in [-0.4, -0.2) is 44.9 Å². The van der Waals surface area contributed by atoms with Crippen LogP contribution in [0.5, 0.6) is 0 Å². The van der Waals surface area contributed by atoms with Crippen molar-refractivity contribution in [2.75, 3.05) is 5.75 Å². The molecule has 2 bridgehead atoms. The van der Waals surface area contributed by atoms with E-state index in [1.54, 1.807) is 12.3 Å². The Kier molecular flexibility index (Phi) is 7.26. The molecule has 0 amide bonds. The highest BCUT2D eigenvalue weighted by Crippen LogP contribution is 2.68. The molecule has 7 heteroatoms. The van der Waals surface area contributed by atoms with Crippen LogP contribution < -0.4 is 0 Å². The number of nitrogens with zero attached hydrogens (tertiary/aromatic N) is 1. The number of pyridine rings is 1. The fourth-order valence-electron chi connectivity index (χ4n) is 7.43. The Morgan fingerprint density at radius 3 is 2.69 bits per heavy atom. The van der Waals surface area contributed by atoms with Gasteiger partial charge in [-0.3, -0.25) is 14.6 Å². The lowest BCUT2D eigenvalue weighted by atomic mass is 9.44. The van der Waals surface area contributed by atoms with Gasteiger partial charge in [0.25, 0.3) is 0 Å². The highest BCUT2D eigenvalue weighted by molar-refractivity contribution is 8.00. The Balaban J connectivity index is 1.65. The molecule has 3 aliphatic carbocycles. The van der Waals surface area contributed by atoms with Gasteiger partial charge in [0.2, 0.25) is 0 Å². The molecule has 0 radical (unpaired) electrons. The maximum absolute atomic E-state index is 13.4. The lowest BCUT2D eigenvalue weighted by Gasteiger charge is -2.61. The minimum atomic E-state index is -0.668. The van der Waals surface area contributed by atoms with E-state index in [-0.39, 0.29) is 47.3 Å². The zero-order valence-corrected chi connectivity index (χ0v) is 22.1. The van der Waals surface area contributed by atoms with E-state index in [2.05, 4.69) is 32.3 Å². The number of ketones is 1. The predicted molar refractivity (Wildman–Crippen MR) is 136 cm³/mol. The summed E-state index contributed by atoms with van der Waals surface area (Å²) in [5.74, 6) is -0.0236. The van der Waals surface area contributed by atoms with Gasteiger partial charge in [0.1, 0.15) is 11.9 Å². The first-order chi connectivity index (χ1) is 16.5. The van der Waals surface area contributed by atoms with Gasteiger partial charge >= 0.3 is 5.97 Å². The molecule has 3 aliphatic rings. The maximum atomic E-state index is 13.4. The van der Waals surface area contributed by atoms with E-state index in [1.165, 1.54) is 11.8 Å². The van der Waals surface area contributed by atoms with Crippen molar-refractivity contribution in [3.8, 4) is 0 Å². The number of hydrogen-bond acceptors (Lipinski definition) is 7. The third kappa shape index (κ3) is 4.27. The predicted octanol–water partition coefficient (Wildman–Crippen LogP) is 4.57. The van der Waals surface area contributed by atoms with Gasteiger partial charge in [0, 0.05) is 34.3 Å². The Morgan fingerprint density at radius 1 is 1.31 bits per heavy atom. The summed E-state index contributed by atoms with van der Waals surface area (Å²) in [5, 5.41) is 20.8. The molecule has 192 valence electrons. The van der Waals surface area contributed by atoms with Crippen LogP contribution in [0.4, 0.5) is 0 Å². The number of thioether (sulfide) groups is 1. The Bertz CT molecular complexity index is 982. The van der Waals surface area contributed by atoms with Gasteiger partial charge in [-0.1, -0.05) is 33.8 Å². The molecule has 4 rings (SSSR count). The topological polar surface area (TPSA) is 96.7 Å². The molecule has 0 aromatic carbocycles. The van der Waals surface area contributed by atoms with Gasteiger partial charge in [-0.15, -0.1) is 18.3 Å². The Labute approximate surface area is 212 Å². The van der Waals surface area contributed by atoms with Crippen LogP contribution in [0.2, 0.25) is 0 Å². The van der Waals surface area contributed by atoms with Gasteiger partial charge in [-0.05, 0) is 55.1 Å². The van der Waals surface area contributed by atoms with Crippen molar-refractivity contribution >= 4 is 23.5 Å². The molecule has 3 saturated carbocycles. The zero-order chi connectivity index (χ0) is 25.6. The van der Waals surface area contributed by atoms with E-state index < -0.39 is 23.0 Å². The average Bonchev–Trinajstić information content (AvgIpc) is 3.21. The molecule has 1 aromatic heterocycles. The van der Waals surface area contributed by atoms with Crippen molar-refractivity contribution in [1.29, 1.82) is 0 Å². The minimum absolute atomic E-state index is 0.0459. The average molecular weight is 502 g/mol. The van der Waals surface area contributed by atoms with E-state index in [0.29, 0.717) is 18.5 Å². The minimum Gasteiger partial charge on any atom is -0.461 e. The van der Waals surface area contributed by atoms with Crippen molar-refractivity contribution in [1.82, 2.24) is 4.98 Å². The fourth-order valence-corrected chi connectivity index (χ4v) is 8.07. The summed E-state index contributed by atoms with van der Waals surface area (Å²) in [6, 6.07) is 3.56. The molecule has 6 nitrogen and oxygen atoms in total. The highest BCUT2D eigenvalue weighted by atomic mass is 32.2. The number of hydrogen-bond donors (Lipinski definition) is 2. The van der Waals surface area contributed by atoms with Gasteiger partial charge in [0.05, 0.1) is 24.2 Å². The quantitative estimate of drug-likeness (QED) is 0.335. The number of ether oxygens (including phenoxy) is 1. The number of esters is 1. The zero-order valence-electron chi connectivity index (χ0n) is 21.3. The molecule has 0 spiro atoms. The first-order valence-electron chi connectivity index (χ1n) is 12.7. The number of carbonyl (C=O) groups excluding carboxylic acids is 2. The van der Waals surface area contributed by atoms with Crippen LogP contribution >= 0.6 is 11.8 Å². The fraction of sp³-hybridized carbons (Fsp3) is 0.679.